The Morgan fingerprint density at radius 3 is 2.42 bits per heavy atom. The minimum absolute atomic E-state index is 0.0322. The quantitative estimate of drug-likeness (QED) is 0.787. The summed E-state index contributed by atoms with van der Waals surface area (Å²) in [7, 11) is 1.60. The van der Waals surface area contributed by atoms with Gasteiger partial charge in [0.05, 0.1) is 18.4 Å². The molecule has 144 valence electrons. The van der Waals surface area contributed by atoms with Gasteiger partial charge in [-0.15, -0.1) is 0 Å². The maximum absolute atomic E-state index is 13.3. The second kappa shape index (κ2) is 6.17. The molecule has 0 N–H and O–H groups in total. The monoisotopic (exact) mass is 369 g/mol. The number of rotatable bonds is 3. The molecule has 1 saturated carbocycles. The van der Waals surface area contributed by atoms with Crippen LogP contribution in [0.5, 0.6) is 5.75 Å². The van der Waals surface area contributed by atoms with E-state index in [1.54, 1.807) is 25.9 Å². The van der Waals surface area contributed by atoms with Crippen LogP contribution in [-0.4, -0.2) is 37.2 Å². The molecule has 1 aliphatic heterocycles. The van der Waals surface area contributed by atoms with Crippen LogP contribution in [-0.2, 0) is 10.2 Å². The molecule has 1 saturated heterocycles. The molecule has 0 spiro atoms. The summed E-state index contributed by atoms with van der Waals surface area (Å²) in [4.78, 5) is 14.9. The molecule has 1 aromatic rings. The number of hydrogen-bond acceptors (Lipinski definition) is 2. The van der Waals surface area contributed by atoms with Crippen molar-refractivity contribution < 1.29 is 22.7 Å². The van der Waals surface area contributed by atoms with Gasteiger partial charge in [-0.05, 0) is 48.8 Å². The molecule has 1 atom stereocenters. The normalized spacial score (nSPS) is 24.3. The third-order valence-electron chi connectivity index (χ3n) is 6.03. The average molecular weight is 369 g/mol. The lowest BCUT2D eigenvalue weighted by Crippen LogP contribution is -2.54. The van der Waals surface area contributed by atoms with E-state index in [1.165, 1.54) is 0 Å². The van der Waals surface area contributed by atoms with Crippen molar-refractivity contribution >= 4 is 5.91 Å². The van der Waals surface area contributed by atoms with Crippen LogP contribution < -0.4 is 4.74 Å². The first-order chi connectivity index (χ1) is 12.0. The molecule has 0 aromatic heterocycles. The molecule has 0 radical (unpaired) electrons. The van der Waals surface area contributed by atoms with Gasteiger partial charge in [0, 0.05) is 13.1 Å². The number of halogens is 3. The molecule has 3 nitrogen and oxygen atoms in total. The van der Waals surface area contributed by atoms with Crippen LogP contribution >= 0.6 is 0 Å². The third kappa shape index (κ3) is 3.19. The zero-order chi connectivity index (χ0) is 19.3. The number of hydrogen-bond donors (Lipinski definition) is 0. The Morgan fingerprint density at radius 2 is 1.92 bits per heavy atom. The van der Waals surface area contributed by atoms with Gasteiger partial charge in [0.1, 0.15) is 5.75 Å². The standard InChI is InChI=1S/C20H26F3NO2/c1-13-5-6-14(11-15(13)26-4)19(8-9-19)17(25)24-10-7-16(20(21,22)23)18(2,3)12-24/h5-6,11,16H,7-10,12H2,1-4H3/t16-/m0/s1. The largest absolute Gasteiger partial charge is 0.496 e. The zero-order valence-electron chi connectivity index (χ0n) is 15.7. The highest BCUT2D eigenvalue weighted by atomic mass is 19.4. The molecule has 0 bridgehead atoms. The Labute approximate surface area is 152 Å². The smallest absolute Gasteiger partial charge is 0.392 e. The molecule has 1 aliphatic carbocycles. The number of benzene rings is 1. The topological polar surface area (TPSA) is 29.5 Å². The number of aryl methyl sites for hydroxylation is 1. The summed E-state index contributed by atoms with van der Waals surface area (Å²) in [6, 6.07) is 5.77. The molecule has 1 amide bonds. The van der Waals surface area contributed by atoms with Gasteiger partial charge >= 0.3 is 6.18 Å². The first kappa shape index (κ1) is 19.1. The van der Waals surface area contributed by atoms with Crippen LogP contribution in [0.4, 0.5) is 13.2 Å². The van der Waals surface area contributed by atoms with Crippen LogP contribution in [0.2, 0.25) is 0 Å². The number of carbonyl (C=O) groups is 1. The predicted molar refractivity (Wildman–Crippen MR) is 93.2 cm³/mol. The number of nitrogens with zero attached hydrogens (tertiary/aromatic N) is 1. The Hall–Kier alpha value is -1.72. The summed E-state index contributed by atoms with van der Waals surface area (Å²) in [5.41, 5.74) is 0.322. The molecule has 1 aromatic carbocycles. The highest BCUT2D eigenvalue weighted by Gasteiger charge is 2.57. The second-order valence-electron chi connectivity index (χ2n) is 8.36. The summed E-state index contributed by atoms with van der Waals surface area (Å²) in [5.74, 6) is -0.677. The van der Waals surface area contributed by atoms with Gasteiger partial charge < -0.3 is 9.64 Å². The molecule has 2 fully saturated rings. The fraction of sp³-hybridized carbons (Fsp3) is 0.650. The van der Waals surface area contributed by atoms with E-state index in [9.17, 15) is 18.0 Å². The van der Waals surface area contributed by atoms with Crippen molar-refractivity contribution in [1.82, 2.24) is 4.90 Å². The first-order valence-corrected chi connectivity index (χ1v) is 9.02. The van der Waals surface area contributed by atoms with Gasteiger partial charge in [0.15, 0.2) is 0 Å². The van der Waals surface area contributed by atoms with E-state index in [4.69, 9.17) is 4.74 Å². The van der Waals surface area contributed by atoms with E-state index in [-0.39, 0.29) is 25.4 Å². The van der Waals surface area contributed by atoms with Crippen molar-refractivity contribution in [3.63, 3.8) is 0 Å². The fourth-order valence-corrected chi connectivity index (χ4v) is 4.31. The van der Waals surface area contributed by atoms with Crippen LogP contribution in [0.25, 0.3) is 0 Å². The summed E-state index contributed by atoms with van der Waals surface area (Å²) in [6.07, 6.45) is -2.79. The lowest BCUT2D eigenvalue weighted by atomic mass is 9.73. The van der Waals surface area contributed by atoms with E-state index in [0.717, 1.165) is 29.7 Å². The second-order valence-corrected chi connectivity index (χ2v) is 8.36. The molecule has 26 heavy (non-hydrogen) atoms. The zero-order valence-corrected chi connectivity index (χ0v) is 15.7. The maximum atomic E-state index is 13.3. The van der Waals surface area contributed by atoms with Crippen molar-refractivity contribution in [2.75, 3.05) is 20.2 Å². The highest BCUT2D eigenvalue weighted by molar-refractivity contribution is 5.91. The minimum atomic E-state index is -4.22. The molecule has 6 heteroatoms. The number of alkyl halides is 3. The number of likely N-dealkylation sites (tertiary alicyclic amines) is 1. The Balaban J connectivity index is 1.82. The molecule has 1 heterocycles. The van der Waals surface area contributed by atoms with Gasteiger partial charge in [-0.3, -0.25) is 4.79 Å². The van der Waals surface area contributed by atoms with Gasteiger partial charge in [-0.1, -0.05) is 26.0 Å². The van der Waals surface area contributed by atoms with Gasteiger partial charge in [0.25, 0.3) is 0 Å². The van der Waals surface area contributed by atoms with Gasteiger partial charge in [-0.2, -0.15) is 13.2 Å². The fourth-order valence-electron chi connectivity index (χ4n) is 4.31. The van der Waals surface area contributed by atoms with Gasteiger partial charge in [0.2, 0.25) is 5.91 Å². The van der Waals surface area contributed by atoms with E-state index in [2.05, 4.69) is 0 Å². The van der Waals surface area contributed by atoms with Crippen LogP contribution in [0.15, 0.2) is 18.2 Å². The van der Waals surface area contributed by atoms with Crippen LogP contribution in [0.3, 0.4) is 0 Å². The van der Waals surface area contributed by atoms with Crippen LogP contribution in [0, 0.1) is 18.3 Å². The van der Waals surface area contributed by atoms with Crippen LogP contribution in [0.1, 0.15) is 44.2 Å². The van der Waals surface area contributed by atoms with Crippen molar-refractivity contribution in [2.24, 2.45) is 11.3 Å². The minimum Gasteiger partial charge on any atom is -0.496 e. The van der Waals surface area contributed by atoms with E-state index < -0.39 is 22.9 Å². The molecular weight excluding hydrogens is 343 g/mol. The first-order valence-electron chi connectivity index (χ1n) is 9.02. The number of piperidine rings is 1. The average Bonchev–Trinajstić information content (AvgIpc) is 3.34. The van der Waals surface area contributed by atoms with Crippen molar-refractivity contribution in [1.29, 1.82) is 0 Å². The van der Waals surface area contributed by atoms with Crippen molar-refractivity contribution in [3.05, 3.63) is 29.3 Å². The Bertz CT molecular complexity index is 707. The molecular formula is C20H26F3NO2. The number of ether oxygens (including phenoxy) is 1. The molecule has 3 rings (SSSR count). The maximum Gasteiger partial charge on any atom is 0.392 e. The summed E-state index contributed by atoms with van der Waals surface area (Å²) in [5, 5.41) is 0. The molecule has 2 aliphatic rings. The predicted octanol–water partition coefficient (Wildman–Crippen LogP) is 4.47. The van der Waals surface area contributed by atoms with Crippen molar-refractivity contribution in [3.8, 4) is 5.75 Å². The van der Waals surface area contributed by atoms with Crippen molar-refractivity contribution in [2.45, 2.75) is 51.6 Å². The van der Waals surface area contributed by atoms with Gasteiger partial charge in [-0.25, -0.2) is 0 Å². The summed E-state index contributed by atoms with van der Waals surface area (Å²) < 4.78 is 45.2. The lowest BCUT2D eigenvalue weighted by molar-refractivity contribution is -0.217. The highest BCUT2D eigenvalue weighted by Crippen LogP contribution is 2.52. The summed E-state index contributed by atoms with van der Waals surface area (Å²) in [6.45, 7) is 5.46. The number of carbonyl (C=O) groups excluding carboxylic acids is 1. The summed E-state index contributed by atoms with van der Waals surface area (Å²) >= 11 is 0. The van der Waals surface area contributed by atoms with E-state index >= 15 is 0 Å². The number of methoxy groups -OCH3 is 1. The third-order valence-corrected chi connectivity index (χ3v) is 6.03. The van der Waals surface area contributed by atoms with E-state index in [1.807, 2.05) is 25.1 Å². The lowest BCUT2D eigenvalue weighted by Gasteiger charge is -2.45. The SMILES string of the molecule is COc1cc(C2(C(=O)N3CC[C@H](C(F)(F)F)C(C)(C)C3)CC2)ccc1C. The van der Waals surface area contributed by atoms with E-state index in [0.29, 0.717) is 0 Å². The Kier molecular flexibility index (Phi) is 4.52. The molecule has 0 unspecified atom stereocenters. The Morgan fingerprint density at radius 1 is 1.27 bits per heavy atom. The number of amides is 1.